The summed E-state index contributed by atoms with van der Waals surface area (Å²) in [4.78, 5) is 11.5. The minimum absolute atomic E-state index is 0. The highest BCUT2D eigenvalue weighted by atomic mass is 35.5. The fourth-order valence-electron chi connectivity index (χ4n) is 2.21. The molecule has 0 aliphatic carbocycles. The number of benzene rings is 2. The summed E-state index contributed by atoms with van der Waals surface area (Å²) in [6.07, 6.45) is 1.41. The second-order valence-electron chi connectivity index (χ2n) is 5.04. The molecule has 0 unspecified atom stereocenters. The topological polar surface area (TPSA) is 52.3 Å². The van der Waals surface area contributed by atoms with Crippen LogP contribution in [0.3, 0.4) is 0 Å². The van der Waals surface area contributed by atoms with Gasteiger partial charge in [-0.15, -0.1) is 12.4 Å². The maximum absolute atomic E-state index is 11.5. The third kappa shape index (κ3) is 5.51. The Bertz CT molecular complexity index is 569. The standard InChI is InChI=1S/C18H21NO2.ClH/c1-2-21-18(20)17(19)13-16-10-8-15(9-11-16)12-14-6-4-3-5-7-14;/h3-11,17H,2,12-13,19H2,1H3;1H/t17-;/m0./s1. The molecule has 0 heterocycles. The molecule has 118 valence electrons. The van der Waals surface area contributed by atoms with Crippen molar-refractivity contribution >= 4 is 18.4 Å². The van der Waals surface area contributed by atoms with Gasteiger partial charge in [-0.1, -0.05) is 54.6 Å². The van der Waals surface area contributed by atoms with Crippen LogP contribution >= 0.6 is 12.4 Å². The molecule has 2 N–H and O–H groups in total. The van der Waals surface area contributed by atoms with E-state index in [-0.39, 0.29) is 18.4 Å². The molecule has 0 bridgehead atoms. The highest BCUT2D eigenvalue weighted by molar-refractivity contribution is 5.85. The normalized spacial score (nSPS) is 11.4. The minimum atomic E-state index is -0.593. The number of carbonyl (C=O) groups excluding carboxylic acids is 1. The molecular formula is C18H22ClNO2. The van der Waals surface area contributed by atoms with E-state index in [1.807, 2.05) is 30.3 Å². The Hall–Kier alpha value is -1.84. The first-order valence-electron chi connectivity index (χ1n) is 7.23. The zero-order valence-electron chi connectivity index (χ0n) is 12.7. The maximum Gasteiger partial charge on any atom is 0.323 e. The van der Waals surface area contributed by atoms with E-state index in [4.69, 9.17) is 10.5 Å². The van der Waals surface area contributed by atoms with Gasteiger partial charge in [-0.05, 0) is 36.5 Å². The Balaban J connectivity index is 0.00000242. The van der Waals surface area contributed by atoms with Crippen molar-refractivity contribution in [3.8, 4) is 0 Å². The second-order valence-corrected chi connectivity index (χ2v) is 5.04. The number of carbonyl (C=O) groups is 1. The summed E-state index contributed by atoms with van der Waals surface area (Å²) in [7, 11) is 0. The highest BCUT2D eigenvalue weighted by Gasteiger charge is 2.14. The Morgan fingerprint density at radius 1 is 1.00 bits per heavy atom. The van der Waals surface area contributed by atoms with Crippen molar-refractivity contribution in [2.75, 3.05) is 6.61 Å². The van der Waals surface area contributed by atoms with E-state index in [0.717, 1.165) is 12.0 Å². The lowest BCUT2D eigenvalue weighted by molar-refractivity contribution is -0.144. The van der Waals surface area contributed by atoms with Gasteiger partial charge in [-0.25, -0.2) is 0 Å². The van der Waals surface area contributed by atoms with Crippen LogP contribution in [-0.4, -0.2) is 18.6 Å². The van der Waals surface area contributed by atoms with Crippen molar-refractivity contribution in [3.63, 3.8) is 0 Å². The molecule has 0 saturated carbocycles. The van der Waals surface area contributed by atoms with Crippen LogP contribution in [0.4, 0.5) is 0 Å². The van der Waals surface area contributed by atoms with Crippen molar-refractivity contribution in [1.82, 2.24) is 0 Å². The summed E-state index contributed by atoms with van der Waals surface area (Å²) < 4.78 is 4.91. The molecule has 22 heavy (non-hydrogen) atoms. The monoisotopic (exact) mass is 319 g/mol. The third-order valence-electron chi connectivity index (χ3n) is 3.32. The Labute approximate surface area is 137 Å². The molecule has 2 rings (SSSR count). The Kier molecular flexibility index (Phi) is 7.64. The molecule has 0 aliphatic heterocycles. The first-order valence-corrected chi connectivity index (χ1v) is 7.23. The van der Waals surface area contributed by atoms with Crippen LogP contribution in [0.15, 0.2) is 54.6 Å². The van der Waals surface area contributed by atoms with Gasteiger partial charge >= 0.3 is 5.97 Å². The predicted molar refractivity (Wildman–Crippen MR) is 91.3 cm³/mol. The average Bonchev–Trinajstić information content (AvgIpc) is 2.50. The van der Waals surface area contributed by atoms with Gasteiger partial charge in [-0.2, -0.15) is 0 Å². The predicted octanol–water partition coefficient (Wildman–Crippen LogP) is 3.13. The van der Waals surface area contributed by atoms with Gasteiger partial charge in [-0.3, -0.25) is 4.79 Å². The van der Waals surface area contributed by atoms with Crippen LogP contribution in [0.25, 0.3) is 0 Å². The van der Waals surface area contributed by atoms with Gasteiger partial charge in [0.2, 0.25) is 0 Å². The molecular weight excluding hydrogens is 298 g/mol. The summed E-state index contributed by atoms with van der Waals surface area (Å²) in [5.41, 5.74) is 9.40. The van der Waals surface area contributed by atoms with Crippen LogP contribution in [0, 0.1) is 0 Å². The van der Waals surface area contributed by atoms with E-state index in [1.54, 1.807) is 6.92 Å². The fourth-order valence-corrected chi connectivity index (χ4v) is 2.21. The van der Waals surface area contributed by atoms with Crippen molar-refractivity contribution in [1.29, 1.82) is 0 Å². The van der Waals surface area contributed by atoms with E-state index < -0.39 is 6.04 Å². The molecule has 2 aromatic rings. The number of rotatable bonds is 6. The van der Waals surface area contributed by atoms with E-state index >= 15 is 0 Å². The largest absolute Gasteiger partial charge is 0.465 e. The number of esters is 1. The highest BCUT2D eigenvalue weighted by Crippen LogP contribution is 2.12. The molecule has 0 radical (unpaired) electrons. The molecule has 0 amide bonds. The molecule has 0 saturated heterocycles. The molecule has 0 aromatic heterocycles. The van der Waals surface area contributed by atoms with Gasteiger partial charge in [0.25, 0.3) is 0 Å². The van der Waals surface area contributed by atoms with Gasteiger partial charge in [0.15, 0.2) is 0 Å². The second kappa shape index (κ2) is 9.23. The summed E-state index contributed by atoms with van der Waals surface area (Å²) in [5, 5.41) is 0. The van der Waals surface area contributed by atoms with E-state index in [9.17, 15) is 4.79 Å². The molecule has 2 aromatic carbocycles. The van der Waals surface area contributed by atoms with Gasteiger partial charge in [0.1, 0.15) is 6.04 Å². The summed E-state index contributed by atoms with van der Waals surface area (Å²) >= 11 is 0. The number of ether oxygens (including phenoxy) is 1. The minimum Gasteiger partial charge on any atom is -0.465 e. The van der Waals surface area contributed by atoms with E-state index in [0.29, 0.717) is 13.0 Å². The van der Waals surface area contributed by atoms with Gasteiger partial charge in [0, 0.05) is 0 Å². The lowest BCUT2D eigenvalue weighted by atomic mass is 10.0. The maximum atomic E-state index is 11.5. The first-order chi connectivity index (χ1) is 10.2. The van der Waals surface area contributed by atoms with Crippen LogP contribution in [0.5, 0.6) is 0 Å². The van der Waals surface area contributed by atoms with E-state index in [2.05, 4.69) is 24.3 Å². The smallest absolute Gasteiger partial charge is 0.323 e. The summed E-state index contributed by atoms with van der Waals surface area (Å²) in [5.74, 6) is -0.342. The zero-order chi connectivity index (χ0) is 15.1. The zero-order valence-corrected chi connectivity index (χ0v) is 13.5. The molecule has 0 aliphatic rings. The first kappa shape index (κ1) is 18.2. The molecule has 3 nitrogen and oxygen atoms in total. The Morgan fingerprint density at radius 3 is 2.14 bits per heavy atom. The SMILES string of the molecule is CCOC(=O)[C@@H](N)Cc1ccc(Cc2ccccc2)cc1.Cl. The lowest BCUT2D eigenvalue weighted by Crippen LogP contribution is -2.34. The number of hydrogen-bond acceptors (Lipinski definition) is 3. The summed E-state index contributed by atoms with van der Waals surface area (Å²) in [6.45, 7) is 2.14. The van der Waals surface area contributed by atoms with Crippen molar-refractivity contribution in [2.24, 2.45) is 5.73 Å². The molecule has 1 atom stereocenters. The third-order valence-corrected chi connectivity index (χ3v) is 3.32. The molecule has 0 spiro atoms. The Morgan fingerprint density at radius 2 is 1.55 bits per heavy atom. The van der Waals surface area contributed by atoms with Gasteiger partial charge < -0.3 is 10.5 Å². The van der Waals surface area contributed by atoms with Crippen LogP contribution in [0.1, 0.15) is 23.6 Å². The lowest BCUT2D eigenvalue weighted by Gasteiger charge is -2.11. The number of halogens is 1. The van der Waals surface area contributed by atoms with Crippen molar-refractivity contribution < 1.29 is 9.53 Å². The number of nitrogens with two attached hydrogens (primary N) is 1. The quantitative estimate of drug-likeness (QED) is 0.832. The van der Waals surface area contributed by atoms with Crippen LogP contribution in [-0.2, 0) is 22.4 Å². The molecule has 4 heteroatoms. The van der Waals surface area contributed by atoms with Gasteiger partial charge in [0.05, 0.1) is 6.61 Å². The summed E-state index contributed by atoms with van der Waals surface area (Å²) in [6, 6.07) is 18.0. The fraction of sp³-hybridized carbons (Fsp3) is 0.278. The van der Waals surface area contributed by atoms with Crippen molar-refractivity contribution in [2.45, 2.75) is 25.8 Å². The average molecular weight is 320 g/mol. The van der Waals surface area contributed by atoms with Crippen LogP contribution < -0.4 is 5.73 Å². The van der Waals surface area contributed by atoms with Crippen molar-refractivity contribution in [3.05, 3.63) is 71.3 Å². The van der Waals surface area contributed by atoms with Crippen LogP contribution in [0.2, 0.25) is 0 Å². The van der Waals surface area contributed by atoms with E-state index in [1.165, 1.54) is 11.1 Å². The molecule has 0 fully saturated rings. The number of hydrogen-bond donors (Lipinski definition) is 1.